The Labute approximate surface area is 175 Å². The average Bonchev–Trinajstić information content (AvgIpc) is 2.74. The number of rotatable bonds is 4. The summed E-state index contributed by atoms with van der Waals surface area (Å²) in [6.07, 6.45) is 1.52. The zero-order chi connectivity index (χ0) is 22.2. The quantitative estimate of drug-likeness (QED) is 0.575. The van der Waals surface area contributed by atoms with E-state index in [1.165, 1.54) is 0 Å². The van der Waals surface area contributed by atoms with Crippen molar-refractivity contribution in [1.82, 2.24) is 5.32 Å². The number of benzene rings is 1. The molecule has 29 heavy (non-hydrogen) atoms. The van der Waals surface area contributed by atoms with Crippen LogP contribution in [0.1, 0.15) is 65.2 Å². The Bertz CT molecular complexity index is 794. The fourth-order valence-electron chi connectivity index (χ4n) is 2.90. The number of aryl methyl sites for hydroxylation is 2. The lowest BCUT2D eigenvalue weighted by atomic mass is 9.76. The van der Waals surface area contributed by atoms with Gasteiger partial charge in [-0.1, -0.05) is 6.08 Å². The maximum atomic E-state index is 12.2. The molecule has 1 amide bonds. The third-order valence-electron chi connectivity index (χ3n) is 5.39. The lowest BCUT2D eigenvalue weighted by molar-refractivity contribution is 0.00578. The van der Waals surface area contributed by atoms with Crippen LogP contribution in [0, 0.1) is 13.8 Å². The number of carbonyl (C=O) groups excluding carboxylic acids is 1. The Morgan fingerprint density at radius 3 is 2.21 bits per heavy atom. The Kier molecular flexibility index (Phi) is 6.45. The summed E-state index contributed by atoms with van der Waals surface area (Å²) in [6, 6.07) is 3.98. The van der Waals surface area contributed by atoms with Crippen LogP contribution in [0.25, 0.3) is 6.08 Å². The van der Waals surface area contributed by atoms with E-state index in [4.69, 9.17) is 19.8 Å². The standard InChI is InChI=1S/C22H35BN2O4/c1-14-11-18(24)15(2)10-16(14)12-17(13-25-19(26)27-20(3,4)5)23-28-21(6,7)22(8,9)29-23/h10-12H,13,24H2,1-9H3,(H,25,26). The van der Waals surface area contributed by atoms with E-state index in [0.29, 0.717) is 0 Å². The first-order valence-corrected chi connectivity index (χ1v) is 10.0. The molecule has 1 heterocycles. The minimum atomic E-state index is -0.577. The van der Waals surface area contributed by atoms with Gasteiger partial charge >= 0.3 is 13.2 Å². The molecular weight excluding hydrogens is 367 g/mol. The second-order valence-corrected chi connectivity index (χ2v) is 9.73. The molecule has 160 valence electrons. The van der Waals surface area contributed by atoms with E-state index >= 15 is 0 Å². The molecule has 2 rings (SSSR count). The highest BCUT2D eigenvalue weighted by Crippen LogP contribution is 2.39. The van der Waals surface area contributed by atoms with Crippen LogP contribution in [0.3, 0.4) is 0 Å². The van der Waals surface area contributed by atoms with Crippen LogP contribution < -0.4 is 11.1 Å². The zero-order valence-corrected chi connectivity index (χ0v) is 19.2. The molecule has 1 aliphatic heterocycles. The molecule has 0 bridgehead atoms. The normalized spacial score (nSPS) is 18.7. The highest BCUT2D eigenvalue weighted by molar-refractivity contribution is 6.56. The summed E-state index contributed by atoms with van der Waals surface area (Å²) >= 11 is 0. The lowest BCUT2D eigenvalue weighted by Crippen LogP contribution is -2.41. The van der Waals surface area contributed by atoms with Crippen LogP contribution in [-0.2, 0) is 14.0 Å². The van der Waals surface area contributed by atoms with E-state index in [0.717, 1.165) is 27.9 Å². The minimum Gasteiger partial charge on any atom is -0.444 e. The van der Waals surface area contributed by atoms with Crippen molar-refractivity contribution < 1.29 is 18.8 Å². The number of alkyl carbamates (subject to hydrolysis) is 1. The summed E-state index contributed by atoms with van der Waals surface area (Å²) in [6.45, 7) is 17.7. The predicted molar refractivity (Wildman–Crippen MR) is 119 cm³/mol. The van der Waals surface area contributed by atoms with Gasteiger partial charge in [-0.2, -0.15) is 0 Å². The maximum Gasteiger partial charge on any atom is 0.492 e. The van der Waals surface area contributed by atoms with Crippen LogP contribution in [0.15, 0.2) is 17.6 Å². The van der Waals surface area contributed by atoms with Gasteiger partial charge in [0.05, 0.1) is 11.2 Å². The van der Waals surface area contributed by atoms with E-state index in [-0.39, 0.29) is 6.54 Å². The third-order valence-corrected chi connectivity index (χ3v) is 5.39. The topological polar surface area (TPSA) is 82.8 Å². The fraction of sp³-hybridized carbons (Fsp3) is 0.591. The largest absolute Gasteiger partial charge is 0.492 e. The van der Waals surface area contributed by atoms with Crippen molar-refractivity contribution in [2.45, 2.75) is 79.1 Å². The average molecular weight is 402 g/mol. The predicted octanol–water partition coefficient (Wildman–Crippen LogP) is 4.43. The molecule has 0 aromatic heterocycles. The molecule has 1 aliphatic rings. The molecule has 0 spiro atoms. The van der Waals surface area contributed by atoms with Crippen molar-refractivity contribution in [2.75, 3.05) is 12.3 Å². The molecule has 0 atom stereocenters. The first-order valence-electron chi connectivity index (χ1n) is 10.0. The van der Waals surface area contributed by atoms with Crippen LogP contribution in [0.2, 0.25) is 0 Å². The fourth-order valence-corrected chi connectivity index (χ4v) is 2.90. The Morgan fingerprint density at radius 2 is 1.69 bits per heavy atom. The molecule has 1 aromatic rings. The number of nitrogen functional groups attached to an aromatic ring is 1. The molecular formula is C22H35BN2O4. The number of hydrogen-bond acceptors (Lipinski definition) is 5. The van der Waals surface area contributed by atoms with Gasteiger partial charge in [0, 0.05) is 12.2 Å². The van der Waals surface area contributed by atoms with E-state index in [1.54, 1.807) is 0 Å². The van der Waals surface area contributed by atoms with E-state index in [9.17, 15) is 4.79 Å². The summed E-state index contributed by atoms with van der Waals surface area (Å²) in [5.74, 6) is 0. The summed E-state index contributed by atoms with van der Waals surface area (Å²) in [5, 5.41) is 2.82. The second kappa shape index (κ2) is 8.03. The van der Waals surface area contributed by atoms with Gasteiger partial charge < -0.3 is 25.1 Å². The number of amides is 1. The number of carbonyl (C=O) groups is 1. The molecule has 0 radical (unpaired) electrons. The van der Waals surface area contributed by atoms with Crippen LogP contribution >= 0.6 is 0 Å². The smallest absolute Gasteiger partial charge is 0.444 e. The Morgan fingerprint density at radius 1 is 1.14 bits per heavy atom. The highest BCUT2D eigenvalue weighted by Gasteiger charge is 2.52. The Hall–Kier alpha value is -1.99. The summed E-state index contributed by atoms with van der Waals surface area (Å²) < 4.78 is 17.8. The van der Waals surface area contributed by atoms with Gasteiger partial charge in [0.1, 0.15) is 5.60 Å². The molecule has 1 aromatic carbocycles. The molecule has 6 nitrogen and oxygen atoms in total. The number of nitrogens with one attached hydrogen (secondary N) is 1. The molecule has 0 aliphatic carbocycles. The van der Waals surface area contributed by atoms with Gasteiger partial charge in [0.25, 0.3) is 0 Å². The molecule has 1 fully saturated rings. The summed E-state index contributed by atoms with van der Waals surface area (Å²) in [4.78, 5) is 12.2. The molecule has 7 heteroatoms. The van der Waals surface area contributed by atoms with Gasteiger partial charge in [-0.3, -0.25) is 0 Å². The van der Waals surface area contributed by atoms with Crippen LogP contribution in [0.5, 0.6) is 0 Å². The van der Waals surface area contributed by atoms with Gasteiger partial charge in [-0.05, 0) is 96.6 Å². The van der Waals surface area contributed by atoms with Crippen molar-refractivity contribution >= 4 is 25.0 Å². The van der Waals surface area contributed by atoms with E-state index in [1.807, 2.05) is 80.5 Å². The number of anilines is 1. The first kappa shape index (κ1) is 23.3. The number of nitrogens with two attached hydrogens (primary N) is 1. The highest BCUT2D eigenvalue weighted by atomic mass is 16.7. The molecule has 1 saturated heterocycles. The van der Waals surface area contributed by atoms with Crippen molar-refractivity contribution in [2.24, 2.45) is 0 Å². The van der Waals surface area contributed by atoms with Crippen LogP contribution in [-0.4, -0.2) is 36.6 Å². The lowest BCUT2D eigenvalue weighted by Gasteiger charge is -2.32. The third kappa shape index (κ3) is 5.76. The summed E-state index contributed by atoms with van der Waals surface area (Å²) in [7, 11) is -0.577. The first-order chi connectivity index (χ1) is 13.1. The van der Waals surface area contributed by atoms with Crippen molar-refractivity contribution in [3.63, 3.8) is 0 Å². The van der Waals surface area contributed by atoms with Gasteiger partial charge in [0.2, 0.25) is 0 Å². The monoisotopic (exact) mass is 402 g/mol. The Balaban J connectivity index is 2.34. The second-order valence-electron chi connectivity index (χ2n) is 9.73. The zero-order valence-electron chi connectivity index (χ0n) is 19.2. The number of hydrogen-bond donors (Lipinski definition) is 2. The van der Waals surface area contributed by atoms with Crippen molar-refractivity contribution in [3.8, 4) is 0 Å². The van der Waals surface area contributed by atoms with Gasteiger partial charge in [0.15, 0.2) is 0 Å². The summed E-state index contributed by atoms with van der Waals surface area (Å²) in [5.41, 5.74) is 9.11. The maximum absolute atomic E-state index is 12.2. The van der Waals surface area contributed by atoms with Crippen molar-refractivity contribution in [1.29, 1.82) is 0 Å². The van der Waals surface area contributed by atoms with Crippen molar-refractivity contribution in [3.05, 3.63) is 34.3 Å². The van der Waals surface area contributed by atoms with Crippen LogP contribution in [0.4, 0.5) is 10.5 Å². The minimum absolute atomic E-state index is 0.245. The SMILES string of the molecule is Cc1cc(C=C(CNC(=O)OC(C)(C)C)B2OC(C)(C)C(C)(C)O2)c(C)cc1N. The number of ether oxygens (including phenoxy) is 1. The molecule has 3 N–H and O–H groups in total. The molecule has 0 saturated carbocycles. The van der Waals surface area contributed by atoms with E-state index < -0.39 is 30.0 Å². The molecule has 0 unspecified atom stereocenters. The van der Waals surface area contributed by atoms with E-state index in [2.05, 4.69) is 5.32 Å². The van der Waals surface area contributed by atoms with Gasteiger partial charge in [-0.25, -0.2) is 4.79 Å². The van der Waals surface area contributed by atoms with Gasteiger partial charge in [-0.15, -0.1) is 0 Å².